The van der Waals surface area contributed by atoms with Gasteiger partial charge >= 0.3 is 0 Å². The predicted octanol–water partition coefficient (Wildman–Crippen LogP) is 3.08. The first-order valence-corrected chi connectivity index (χ1v) is 12.2. The summed E-state index contributed by atoms with van der Waals surface area (Å²) in [5.74, 6) is -0.121. The Morgan fingerprint density at radius 2 is 1.89 bits per heavy atom. The van der Waals surface area contributed by atoms with Crippen LogP contribution in [0.4, 0.5) is 0 Å². The van der Waals surface area contributed by atoms with Gasteiger partial charge in [0, 0.05) is 11.0 Å². The lowest BCUT2D eigenvalue weighted by Crippen LogP contribution is -2.43. The van der Waals surface area contributed by atoms with Gasteiger partial charge in [-0.25, -0.2) is 0 Å². The van der Waals surface area contributed by atoms with Crippen molar-refractivity contribution in [3.05, 3.63) is 29.8 Å². The molecule has 0 unspecified atom stereocenters. The van der Waals surface area contributed by atoms with Crippen LogP contribution in [-0.4, -0.2) is 53.3 Å². The molecule has 0 aromatic heterocycles. The van der Waals surface area contributed by atoms with Gasteiger partial charge in [-0.2, -0.15) is 8.42 Å². The van der Waals surface area contributed by atoms with Crippen molar-refractivity contribution in [1.82, 2.24) is 0 Å². The van der Waals surface area contributed by atoms with E-state index in [1.807, 2.05) is 6.92 Å². The number of ether oxygens (including phenoxy) is 3. The summed E-state index contributed by atoms with van der Waals surface area (Å²) in [6.45, 7) is 5.43. The van der Waals surface area contributed by atoms with Crippen molar-refractivity contribution in [1.29, 1.82) is 0 Å². The molecule has 4 rings (SSSR count). The summed E-state index contributed by atoms with van der Waals surface area (Å²) in [5.41, 5.74) is 0.971. The quantitative estimate of drug-likeness (QED) is 0.510. The molecule has 0 bridgehead atoms. The Kier molecular flexibility index (Phi) is 5.39. The van der Waals surface area contributed by atoms with Gasteiger partial charge in [0.15, 0.2) is 12.1 Å². The van der Waals surface area contributed by atoms with Crippen molar-refractivity contribution >= 4 is 49.4 Å². The van der Waals surface area contributed by atoms with Gasteiger partial charge in [0.05, 0.1) is 4.90 Å². The Bertz CT molecular complexity index is 837. The smallest absolute Gasteiger partial charge is 0.297 e. The number of hydrogen-bond donors (Lipinski definition) is 0. The largest absolute Gasteiger partial charge is 0.342 e. The average molecular weight is 449 g/mol. The van der Waals surface area contributed by atoms with Crippen molar-refractivity contribution in [2.75, 3.05) is 5.75 Å². The topological polar surface area (TPSA) is 71.1 Å². The lowest BCUT2D eigenvalue weighted by molar-refractivity contribution is -0.212. The van der Waals surface area contributed by atoms with E-state index in [1.165, 1.54) is 23.9 Å². The number of fused-ring (bicyclic) bond motifs is 1. The van der Waals surface area contributed by atoms with E-state index in [-0.39, 0.29) is 10.1 Å². The molecule has 3 aliphatic rings. The van der Waals surface area contributed by atoms with Gasteiger partial charge in [-0.1, -0.05) is 29.9 Å². The maximum Gasteiger partial charge on any atom is 0.297 e. The first-order chi connectivity index (χ1) is 12.6. The third kappa shape index (κ3) is 4.09. The Morgan fingerprint density at radius 1 is 1.19 bits per heavy atom. The van der Waals surface area contributed by atoms with E-state index in [9.17, 15) is 8.42 Å². The fourth-order valence-electron chi connectivity index (χ4n) is 3.32. The molecule has 3 aliphatic heterocycles. The van der Waals surface area contributed by atoms with Crippen LogP contribution in [0.25, 0.3) is 0 Å². The molecular weight excluding hydrogens is 428 g/mol. The van der Waals surface area contributed by atoms with Gasteiger partial charge in [0.1, 0.15) is 21.8 Å². The minimum Gasteiger partial charge on any atom is -0.342 e. The molecule has 1 aromatic carbocycles. The molecular formula is C17H20O6S4. The second-order valence-electron chi connectivity index (χ2n) is 7.11. The third-order valence-corrected chi connectivity index (χ3v) is 9.07. The standard InChI is InChI=1S/C17H20O6S4/c1-9-4-6-10(7-5-9)27(18,19)23-13-12(11-8-25-16(24)26-11)20-15-14(13)21-17(2,3)22-15/h4-7,11-15H,8H2,1-3H3/t11-,12+,13+,14+,15-/m0/s1. The van der Waals surface area contributed by atoms with Crippen molar-refractivity contribution < 1.29 is 26.8 Å². The van der Waals surface area contributed by atoms with Crippen molar-refractivity contribution in [2.45, 2.75) is 61.3 Å². The molecule has 0 radical (unpaired) electrons. The zero-order chi connectivity index (χ0) is 19.4. The SMILES string of the molecule is Cc1ccc(S(=O)(=O)O[C@H]2[C@H]3OC(C)(C)O[C@@H]3O[C@@H]2[C@@H]2CSC(=S)S2)cc1. The molecule has 10 heteroatoms. The van der Waals surface area contributed by atoms with Crippen molar-refractivity contribution in [3.63, 3.8) is 0 Å². The summed E-state index contributed by atoms with van der Waals surface area (Å²) in [6, 6.07) is 6.56. The van der Waals surface area contributed by atoms with Gasteiger partial charge in [0.25, 0.3) is 10.1 Å². The van der Waals surface area contributed by atoms with Crippen LogP contribution in [0.15, 0.2) is 29.2 Å². The summed E-state index contributed by atoms with van der Waals surface area (Å²) >= 11 is 8.33. The Hall–Kier alpha value is -0.200. The van der Waals surface area contributed by atoms with E-state index in [0.717, 1.165) is 14.8 Å². The zero-order valence-electron chi connectivity index (χ0n) is 15.0. The number of thioether (sulfide) groups is 2. The summed E-state index contributed by atoms with van der Waals surface area (Å²) in [7, 11) is -3.98. The maximum absolute atomic E-state index is 12.9. The Balaban J connectivity index is 1.61. The van der Waals surface area contributed by atoms with Crippen LogP contribution in [0.1, 0.15) is 19.4 Å². The first-order valence-electron chi connectivity index (χ1n) is 8.49. The average Bonchev–Trinajstić information content (AvgIpc) is 3.21. The Labute approximate surface area is 172 Å². The van der Waals surface area contributed by atoms with E-state index >= 15 is 0 Å². The van der Waals surface area contributed by atoms with Crippen LogP contribution in [0.2, 0.25) is 0 Å². The summed E-state index contributed by atoms with van der Waals surface area (Å²) in [6.07, 6.45) is -2.58. The summed E-state index contributed by atoms with van der Waals surface area (Å²) in [4.78, 5) is 0.109. The molecule has 0 N–H and O–H groups in total. The fourth-order valence-corrected chi connectivity index (χ4v) is 7.40. The number of benzene rings is 1. The van der Waals surface area contributed by atoms with Crippen LogP contribution in [0.3, 0.4) is 0 Å². The minimum atomic E-state index is -3.98. The van der Waals surface area contributed by atoms with Crippen LogP contribution in [0, 0.1) is 6.92 Å². The van der Waals surface area contributed by atoms with Gasteiger partial charge in [-0.05, 0) is 32.9 Å². The molecule has 5 atom stereocenters. The van der Waals surface area contributed by atoms with Crippen LogP contribution in [-0.2, 0) is 28.5 Å². The first kappa shape index (κ1) is 20.1. The second-order valence-corrected chi connectivity index (χ2v) is 12.1. The molecule has 0 amide bonds. The van der Waals surface area contributed by atoms with E-state index in [4.69, 9.17) is 30.6 Å². The molecule has 3 heterocycles. The van der Waals surface area contributed by atoms with Crippen LogP contribution < -0.4 is 0 Å². The molecule has 3 fully saturated rings. The lowest BCUT2D eigenvalue weighted by Gasteiger charge is -2.27. The van der Waals surface area contributed by atoms with Gasteiger partial charge < -0.3 is 14.2 Å². The minimum absolute atomic E-state index is 0.0124. The van der Waals surface area contributed by atoms with Crippen molar-refractivity contribution in [2.24, 2.45) is 0 Å². The summed E-state index contributed by atoms with van der Waals surface area (Å²) in [5, 5.41) is -0.0124. The highest BCUT2D eigenvalue weighted by molar-refractivity contribution is 8.49. The maximum atomic E-state index is 12.9. The second kappa shape index (κ2) is 7.24. The molecule has 0 aliphatic carbocycles. The monoisotopic (exact) mass is 448 g/mol. The molecule has 27 heavy (non-hydrogen) atoms. The number of aryl methyl sites for hydroxylation is 1. The molecule has 6 nitrogen and oxygen atoms in total. The van der Waals surface area contributed by atoms with E-state index in [1.54, 1.807) is 37.7 Å². The highest BCUT2D eigenvalue weighted by Crippen LogP contribution is 2.46. The lowest BCUT2D eigenvalue weighted by atomic mass is 10.1. The van der Waals surface area contributed by atoms with Gasteiger partial charge in [0.2, 0.25) is 0 Å². The third-order valence-electron chi connectivity index (χ3n) is 4.55. The fraction of sp³-hybridized carbons (Fsp3) is 0.588. The van der Waals surface area contributed by atoms with E-state index in [2.05, 4.69) is 0 Å². The molecule has 1 aromatic rings. The molecule has 0 spiro atoms. The number of rotatable bonds is 4. The summed E-state index contributed by atoms with van der Waals surface area (Å²) < 4.78 is 50.0. The van der Waals surface area contributed by atoms with Gasteiger partial charge in [-0.15, -0.1) is 23.5 Å². The predicted molar refractivity (Wildman–Crippen MR) is 108 cm³/mol. The normalized spacial score (nSPS) is 35.5. The van der Waals surface area contributed by atoms with E-state index < -0.39 is 40.5 Å². The molecule has 0 saturated carbocycles. The van der Waals surface area contributed by atoms with Crippen LogP contribution in [0.5, 0.6) is 0 Å². The number of hydrogen-bond acceptors (Lipinski definition) is 9. The van der Waals surface area contributed by atoms with Gasteiger partial charge in [-0.3, -0.25) is 4.18 Å². The molecule has 3 saturated heterocycles. The van der Waals surface area contributed by atoms with Crippen molar-refractivity contribution in [3.8, 4) is 0 Å². The van der Waals surface area contributed by atoms with E-state index in [0.29, 0.717) is 0 Å². The Morgan fingerprint density at radius 3 is 2.52 bits per heavy atom. The highest BCUT2D eigenvalue weighted by Gasteiger charge is 2.59. The zero-order valence-corrected chi connectivity index (χ0v) is 18.3. The highest BCUT2D eigenvalue weighted by atomic mass is 32.2. The van der Waals surface area contributed by atoms with Crippen LogP contribution >= 0.6 is 35.7 Å². The molecule has 148 valence electrons. The number of thiocarbonyl (C=S) groups is 1.